The molecule has 0 aliphatic rings. The van der Waals surface area contributed by atoms with Crippen LogP contribution in [0.4, 0.5) is 0 Å². The Morgan fingerprint density at radius 2 is 2.18 bits per heavy atom. The van der Waals surface area contributed by atoms with Gasteiger partial charge in [-0.3, -0.25) is 9.48 Å². The minimum atomic E-state index is -0.152. The van der Waals surface area contributed by atoms with Crippen molar-refractivity contribution in [2.24, 2.45) is 7.05 Å². The Morgan fingerprint density at radius 1 is 1.47 bits per heavy atom. The van der Waals surface area contributed by atoms with E-state index in [0.29, 0.717) is 6.42 Å². The second-order valence-electron chi connectivity index (χ2n) is 4.13. The lowest BCUT2D eigenvalue weighted by Crippen LogP contribution is -2.17. The van der Waals surface area contributed by atoms with E-state index in [2.05, 4.69) is 22.1 Å². The van der Waals surface area contributed by atoms with Gasteiger partial charge >= 0.3 is 5.97 Å². The lowest BCUT2D eigenvalue weighted by atomic mass is 10.2. The first kappa shape index (κ1) is 13.7. The number of carbonyl (C=O) groups is 1. The molecule has 0 aromatic carbocycles. The van der Waals surface area contributed by atoms with Crippen LogP contribution in [-0.4, -0.2) is 29.4 Å². The quantitative estimate of drug-likeness (QED) is 0.596. The van der Waals surface area contributed by atoms with E-state index < -0.39 is 0 Å². The maximum atomic E-state index is 10.9. The molecule has 1 aromatic heterocycles. The van der Waals surface area contributed by atoms with Crippen LogP contribution in [0.1, 0.15) is 29.8 Å². The zero-order chi connectivity index (χ0) is 12.8. The third-order valence-electron chi connectivity index (χ3n) is 2.92. The minimum absolute atomic E-state index is 0.152. The highest BCUT2D eigenvalue weighted by atomic mass is 16.5. The van der Waals surface area contributed by atoms with Crippen molar-refractivity contribution in [3.8, 4) is 0 Å². The highest BCUT2D eigenvalue weighted by Crippen LogP contribution is 2.10. The number of hydrogen-bond donors (Lipinski definition) is 1. The predicted molar refractivity (Wildman–Crippen MR) is 65.6 cm³/mol. The molecule has 1 N–H and O–H groups in total. The molecular formula is C12H21N3O2. The summed E-state index contributed by atoms with van der Waals surface area (Å²) in [6.45, 7) is 5.68. The van der Waals surface area contributed by atoms with Crippen LogP contribution in [0.5, 0.6) is 0 Å². The molecule has 5 heteroatoms. The molecule has 0 radical (unpaired) electrons. The average Bonchev–Trinajstić information content (AvgIpc) is 2.54. The summed E-state index contributed by atoms with van der Waals surface area (Å²) in [5.41, 5.74) is 3.49. The third-order valence-corrected chi connectivity index (χ3v) is 2.92. The Bertz CT molecular complexity index is 385. The number of nitrogens with one attached hydrogen (secondary N) is 1. The van der Waals surface area contributed by atoms with Gasteiger partial charge in [0.2, 0.25) is 0 Å². The van der Waals surface area contributed by atoms with E-state index in [4.69, 9.17) is 0 Å². The number of carbonyl (C=O) groups excluding carboxylic acids is 1. The maximum absolute atomic E-state index is 10.9. The molecule has 0 amide bonds. The number of methoxy groups -OCH3 is 1. The second-order valence-corrected chi connectivity index (χ2v) is 4.13. The maximum Gasteiger partial charge on any atom is 0.305 e. The van der Waals surface area contributed by atoms with Crippen molar-refractivity contribution < 1.29 is 9.53 Å². The van der Waals surface area contributed by atoms with Gasteiger partial charge < -0.3 is 10.1 Å². The Labute approximate surface area is 102 Å². The summed E-state index contributed by atoms with van der Waals surface area (Å²) < 4.78 is 6.47. The van der Waals surface area contributed by atoms with Crippen LogP contribution in [0.3, 0.4) is 0 Å². The first-order valence-corrected chi connectivity index (χ1v) is 5.83. The van der Waals surface area contributed by atoms with Crippen molar-refractivity contribution in [2.75, 3.05) is 13.7 Å². The number of aryl methyl sites for hydroxylation is 2. The second kappa shape index (κ2) is 6.39. The number of hydrogen-bond acceptors (Lipinski definition) is 4. The fourth-order valence-corrected chi connectivity index (χ4v) is 1.75. The number of aromatic nitrogens is 2. The molecule has 0 unspecified atom stereocenters. The van der Waals surface area contributed by atoms with Crippen LogP contribution in [0.15, 0.2) is 0 Å². The first-order chi connectivity index (χ1) is 8.06. The third kappa shape index (κ3) is 3.85. The molecule has 0 aliphatic heterocycles. The van der Waals surface area contributed by atoms with Crippen molar-refractivity contribution in [3.63, 3.8) is 0 Å². The molecule has 0 saturated heterocycles. The largest absolute Gasteiger partial charge is 0.469 e. The number of nitrogens with zero attached hydrogens (tertiary/aromatic N) is 2. The Kier molecular flexibility index (Phi) is 5.15. The van der Waals surface area contributed by atoms with Crippen LogP contribution in [0, 0.1) is 13.8 Å². The van der Waals surface area contributed by atoms with Gasteiger partial charge in [-0.1, -0.05) is 0 Å². The molecule has 1 aromatic rings. The van der Waals surface area contributed by atoms with Crippen molar-refractivity contribution >= 4 is 5.97 Å². The SMILES string of the molecule is COC(=O)CCCNCc1c(C)nn(C)c1C. The first-order valence-electron chi connectivity index (χ1n) is 5.83. The van der Waals surface area contributed by atoms with Crippen LogP contribution in [0.25, 0.3) is 0 Å². The minimum Gasteiger partial charge on any atom is -0.469 e. The fraction of sp³-hybridized carbons (Fsp3) is 0.667. The molecule has 0 atom stereocenters. The van der Waals surface area contributed by atoms with E-state index in [9.17, 15) is 4.79 Å². The normalized spacial score (nSPS) is 10.6. The highest BCUT2D eigenvalue weighted by molar-refractivity contribution is 5.69. The summed E-state index contributed by atoms with van der Waals surface area (Å²) in [6, 6.07) is 0. The molecule has 0 bridgehead atoms. The van der Waals surface area contributed by atoms with Gasteiger partial charge in [-0.2, -0.15) is 5.10 Å². The smallest absolute Gasteiger partial charge is 0.305 e. The number of rotatable bonds is 6. The molecule has 0 spiro atoms. The van der Waals surface area contributed by atoms with Crippen molar-refractivity contribution in [1.82, 2.24) is 15.1 Å². The van der Waals surface area contributed by atoms with Gasteiger partial charge in [0.05, 0.1) is 12.8 Å². The lowest BCUT2D eigenvalue weighted by Gasteiger charge is -2.05. The van der Waals surface area contributed by atoms with E-state index in [0.717, 1.165) is 25.2 Å². The highest BCUT2D eigenvalue weighted by Gasteiger charge is 2.08. The van der Waals surface area contributed by atoms with E-state index in [1.54, 1.807) is 0 Å². The summed E-state index contributed by atoms with van der Waals surface area (Å²) in [6.07, 6.45) is 1.26. The molecule has 17 heavy (non-hydrogen) atoms. The van der Waals surface area contributed by atoms with Gasteiger partial charge in [-0.15, -0.1) is 0 Å². The van der Waals surface area contributed by atoms with Crippen LogP contribution >= 0.6 is 0 Å². The molecule has 0 fully saturated rings. The van der Waals surface area contributed by atoms with Crippen molar-refractivity contribution in [3.05, 3.63) is 17.0 Å². The molecular weight excluding hydrogens is 218 g/mol. The van der Waals surface area contributed by atoms with Gasteiger partial charge in [-0.25, -0.2) is 0 Å². The Morgan fingerprint density at radius 3 is 2.71 bits per heavy atom. The standard InChI is InChI=1S/C12H21N3O2/c1-9-11(10(2)15(3)14-9)8-13-7-5-6-12(16)17-4/h13H,5-8H2,1-4H3. The van der Waals surface area contributed by atoms with Crippen LogP contribution in [-0.2, 0) is 23.1 Å². The average molecular weight is 239 g/mol. The van der Waals surface area contributed by atoms with Crippen LogP contribution < -0.4 is 5.32 Å². The van der Waals surface area contributed by atoms with E-state index in [1.807, 2.05) is 18.7 Å². The van der Waals surface area contributed by atoms with Gasteiger partial charge in [0.1, 0.15) is 0 Å². The molecule has 96 valence electrons. The zero-order valence-electron chi connectivity index (χ0n) is 11.0. The van der Waals surface area contributed by atoms with Gasteiger partial charge in [0, 0.05) is 31.3 Å². The Balaban J connectivity index is 2.29. The molecule has 0 aliphatic carbocycles. The fourth-order valence-electron chi connectivity index (χ4n) is 1.75. The predicted octanol–water partition coefficient (Wildman–Crippen LogP) is 1.08. The van der Waals surface area contributed by atoms with E-state index in [-0.39, 0.29) is 5.97 Å². The monoisotopic (exact) mass is 239 g/mol. The topological polar surface area (TPSA) is 56.1 Å². The van der Waals surface area contributed by atoms with Gasteiger partial charge in [0.25, 0.3) is 0 Å². The zero-order valence-corrected chi connectivity index (χ0v) is 11.0. The molecule has 1 rings (SSSR count). The molecule has 1 heterocycles. The van der Waals surface area contributed by atoms with E-state index in [1.165, 1.54) is 18.4 Å². The lowest BCUT2D eigenvalue weighted by molar-refractivity contribution is -0.140. The van der Waals surface area contributed by atoms with Crippen molar-refractivity contribution in [2.45, 2.75) is 33.2 Å². The summed E-state index contributed by atoms with van der Waals surface area (Å²) in [5.74, 6) is -0.152. The van der Waals surface area contributed by atoms with Gasteiger partial charge in [-0.05, 0) is 26.8 Å². The van der Waals surface area contributed by atoms with Crippen molar-refractivity contribution in [1.29, 1.82) is 0 Å². The Hall–Kier alpha value is -1.36. The number of esters is 1. The summed E-state index contributed by atoms with van der Waals surface area (Å²) in [5, 5.41) is 7.67. The summed E-state index contributed by atoms with van der Waals surface area (Å²) in [7, 11) is 3.36. The number of ether oxygens (including phenoxy) is 1. The van der Waals surface area contributed by atoms with E-state index >= 15 is 0 Å². The summed E-state index contributed by atoms with van der Waals surface area (Å²) in [4.78, 5) is 10.9. The van der Waals surface area contributed by atoms with Gasteiger partial charge in [0.15, 0.2) is 0 Å². The van der Waals surface area contributed by atoms with Crippen LogP contribution in [0.2, 0.25) is 0 Å². The molecule has 0 saturated carbocycles. The summed E-state index contributed by atoms with van der Waals surface area (Å²) >= 11 is 0. The molecule has 5 nitrogen and oxygen atoms in total.